The number of methoxy groups -OCH3 is 2. The normalized spacial score (nSPS) is 17.1. The van der Waals surface area contributed by atoms with Crippen LogP contribution in [0.25, 0.3) is 0 Å². The molecule has 31 heavy (non-hydrogen) atoms. The fourth-order valence-corrected chi connectivity index (χ4v) is 3.94. The van der Waals surface area contributed by atoms with Gasteiger partial charge in [0.1, 0.15) is 11.5 Å². The van der Waals surface area contributed by atoms with Gasteiger partial charge in [-0.3, -0.25) is 0 Å². The van der Waals surface area contributed by atoms with E-state index in [1.807, 2.05) is 18.2 Å². The number of aromatic nitrogens is 3. The minimum absolute atomic E-state index is 0.460. The maximum absolute atomic E-state index is 5.32. The van der Waals surface area contributed by atoms with Crippen LogP contribution in [0.15, 0.2) is 23.3 Å². The lowest BCUT2D eigenvalue weighted by Crippen LogP contribution is -2.34. The van der Waals surface area contributed by atoms with Crippen LogP contribution in [-0.4, -0.2) is 61.6 Å². The van der Waals surface area contributed by atoms with Gasteiger partial charge in [-0.1, -0.05) is 0 Å². The Bertz CT molecular complexity index is 835. The monoisotopic (exact) mass is 425 g/mol. The zero-order valence-electron chi connectivity index (χ0n) is 18.4. The van der Waals surface area contributed by atoms with E-state index in [9.17, 15) is 0 Å². The molecule has 2 fully saturated rings. The van der Waals surface area contributed by atoms with Gasteiger partial charge in [0.05, 0.1) is 20.4 Å². The maximum Gasteiger partial charge on any atom is 0.250 e. The lowest BCUT2D eigenvalue weighted by atomic mass is 10.1. The molecule has 0 unspecified atom stereocenters. The van der Waals surface area contributed by atoms with Gasteiger partial charge in [-0.25, -0.2) is 5.43 Å². The van der Waals surface area contributed by atoms with E-state index in [2.05, 4.69) is 30.3 Å². The summed E-state index contributed by atoms with van der Waals surface area (Å²) in [6, 6.07) is 5.60. The number of ether oxygens (including phenoxy) is 2. The van der Waals surface area contributed by atoms with Crippen LogP contribution in [0, 0.1) is 0 Å². The SMILES string of the molecule is COc1cc(/C=N/Nc2nc(N3CCCCC3)nc(N3CCCCC3)n2)cc(OC)c1. The van der Waals surface area contributed by atoms with E-state index in [0.717, 1.165) is 43.6 Å². The largest absolute Gasteiger partial charge is 0.497 e. The quantitative estimate of drug-likeness (QED) is 0.534. The molecule has 1 N–H and O–H groups in total. The molecular formula is C22H31N7O2. The predicted octanol–water partition coefficient (Wildman–Crippen LogP) is 3.32. The Morgan fingerprint density at radius 3 is 1.77 bits per heavy atom. The van der Waals surface area contributed by atoms with Crippen molar-refractivity contribution in [3.05, 3.63) is 23.8 Å². The van der Waals surface area contributed by atoms with Crippen molar-refractivity contribution >= 4 is 24.1 Å². The molecule has 4 rings (SSSR count). The van der Waals surface area contributed by atoms with Gasteiger partial charge in [-0.15, -0.1) is 0 Å². The summed E-state index contributed by atoms with van der Waals surface area (Å²) in [6.07, 6.45) is 8.91. The van der Waals surface area contributed by atoms with Crippen LogP contribution in [0.1, 0.15) is 44.1 Å². The molecule has 2 aliphatic rings. The van der Waals surface area contributed by atoms with Crippen LogP contribution in [0.5, 0.6) is 11.5 Å². The molecule has 2 aliphatic heterocycles. The van der Waals surface area contributed by atoms with Crippen LogP contribution < -0.4 is 24.7 Å². The highest BCUT2D eigenvalue weighted by Crippen LogP contribution is 2.23. The summed E-state index contributed by atoms with van der Waals surface area (Å²) in [6.45, 7) is 3.93. The van der Waals surface area contributed by atoms with Crippen LogP contribution >= 0.6 is 0 Å². The number of piperidine rings is 2. The molecule has 9 nitrogen and oxygen atoms in total. The summed E-state index contributed by atoms with van der Waals surface area (Å²) < 4.78 is 10.6. The second kappa shape index (κ2) is 10.3. The van der Waals surface area contributed by atoms with Crippen molar-refractivity contribution in [2.45, 2.75) is 38.5 Å². The van der Waals surface area contributed by atoms with Gasteiger partial charge in [-0.05, 0) is 50.7 Å². The Labute approximate surface area is 183 Å². The molecule has 0 aliphatic carbocycles. The topological polar surface area (TPSA) is 88.0 Å². The van der Waals surface area contributed by atoms with E-state index in [0.29, 0.717) is 17.4 Å². The van der Waals surface area contributed by atoms with Gasteiger partial charge in [-0.2, -0.15) is 20.1 Å². The molecule has 1 aromatic heterocycles. The fraction of sp³-hybridized carbons (Fsp3) is 0.545. The number of benzene rings is 1. The van der Waals surface area contributed by atoms with Crippen molar-refractivity contribution in [1.29, 1.82) is 0 Å². The molecule has 2 aromatic rings. The standard InChI is InChI=1S/C22H31N7O2/c1-30-18-13-17(14-19(15-18)31-2)16-23-27-20-24-21(28-9-5-3-6-10-28)26-22(25-20)29-11-7-4-8-12-29/h13-16H,3-12H2,1-2H3,(H,24,25,26,27)/b23-16+. The van der Waals surface area contributed by atoms with E-state index in [1.54, 1.807) is 20.4 Å². The second-order valence-corrected chi connectivity index (χ2v) is 7.87. The van der Waals surface area contributed by atoms with Crippen molar-refractivity contribution in [1.82, 2.24) is 15.0 Å². The summed E-state index contributed by atoms with van der Waals surface area (Å²) in [5.74, 6) is 3.34. The zero-order chi connectivity index (χ0) is 21.5. The molecule has 0 atom stereocenters. The maximum atomic E-state index is 5.32. The number of anilines is 3. The van der Waals surface area contributed by atoms with Crippen molar-refractivity contribution in [2.24, 2.45) is 5.10 Å². The molecule has 0 amide bonds. The predicted molar refractivity (Wildman–Crippen MR) is 123 cm³/mol. The van der Waals surface area contributed by atoms with Gasteiger partial charge < -0.3 is 19.3 Å². The molecule has 9 heteroatoms. The molecule has 2 saturated heterocycles. The minimum Gasteiger partial charge on any atom is -0.497 e. The lowest BCUT2D eigenvalue weighted by molar-refractivity contribution is 0.394. The zero-order valence-corrected chi connectivity index (χ0v) is 18.4. The van der Waals surface area contributed by atoms with Gasteiger partial charge in [0, 0.05) is 37.8 Å². The van der Waals surface area contributed by atoms with Crippen LogP contribution in [0.2, 0.25) is 0 Å². The average Bonchev–Trinajstić information content (AvgIpc) is 2.84. The highest BCUT2D eigenvalue weighted by Gasteiger charge is 2.20. The van der Waals surface area contributed by atoms with E-state index < -0.39 is 0 Å². The van der Waals surface area contributed by atoms with Crippen LogP contribution in [-0.2, 0) is 0 Å². The van der Waals surface area contributed by atoms with Gasteiger partial charge in [0.2, 0.25) is 17.8 Å². The molecule has 0 bridgehead atoms. The summed E-state index contributed by atoms with van der Waals surface area (Å²) in [5.41, 5.74) is 3.85. The first-order chi connectivity index (χ1) is 15.2. The van der Waals surface area contributed by atoms with E-state index in [-0.39, 0.29) is 0 Å². The number of hydrazone groups is 1. The van der Waals surface area contributed by atoms with Gasteiger partial charge >= 0.3 is 0 Å². The van der Waals surface area contributed by atoms with E-state index in [1.165, 1.54) is 38.5 Å². The molecular weight excluding hydrogens is 394 g/mol. The summed E-state index contributed by atoms with van der Waals surface area (Å²) in [4.78, 5) is 18.6. The molecule has 3 heterocycles. The summed E-state index contributed by atoms with van der Waals surface area (Å²) in [7, 11) is 3.26. The molecule has 0 spiro atoms. The first-order valence-electron chi connectivity index (χ1n) is 11.0. The summed E-state index contributed by atoms with van der Waals surface area (Å²) >= 11 is 0. The molecule has 1 aromatic carbocycles. The van der Waals surface area contributed by atoms with E-state index in [4.69, 9.17) is 14.5 Å². The number of nitrogens with one attached hydrogen (secondary N) is 1. The third kappa shape index (κ3) is 5.53. The fourth-order valence-electron chi connectivity index (χ4n) is 3.94. The third-order valence-corrected chi connectivity index (χ3v) is 5.64. The first kappa shape index (κ1) is 21.1. The number of hydrogen-bond donors (Lipinski definition) is 1. The number of hydrogen-bond acceptors (Lipinski definition) is 9. The first-order valence-corrected chi connectivity index (χ1v) is 11.0. The lowest BCUT2D eigenvalue weighted by Gasteiger charge is -2.30. The highest BCUT2D eigenvalue weighted by atomic mass is 16.5. The smallest absolute Gasteiger partial charge is 0.250 e. The molecule has 0 saturated carbocycles. The van der Waals surface area contributed by atoms with Crippen molar-refractivity contribution in [3.8, 4) is 11.5 Å². The van der Waals surface area contributed by atoms with E-state index >= 15 is 0 Å². The summed E-state index contributed by atoms with van der Waals surface area (Å²) in [5, 5.41) is 4.36. The number of nitrogens with zero attached hydrogens (tertiary/aromatic N) is 6. The third-order valence-electron chi connectivity index (χ3n) is 5.64. The van der Waals surface area contributed by atoms with Crippen molar-refractivity contribution in [2.75, 3.05) is 55.6 Å². The van der Waals surface area contributed by atoms with Crippen molar-refractivity contribution < 1.29 is 9.47 Å². The molecule has 166 valence electrons. The second-order valence-electron chi connectivity index (χ2n) is 7.87. The van der Waals surface area contributed by atoms with Crippen molar-refractivity contribution in [3.63, 3.8) is 0 Å². The molecule has 0 radical (unpaired) electrons. The van der Waals surface area contributed by atoms with Gasteiger partial charge in [0.25, 0.3) is 0 Å². The average molecular weight is 426 g/mol. The van der Waals surface area contributed by atoms with Gasteiger partial charge in [0.15, 0.2) is 0 Å². The van der Waals surface area contributed by atoms with Crippen LogP contribution in [0.3, 0.4) is 0 Å². The Morgan fingerprint density at radius 1 is 0.774 bits per heavy atom. The minimum atomic E-state index is 0.460. The van der Waals surface area contributed by atoms with Crippen LogP contribution in [0.4, 0.5) is 17.8 Å². The number of rotatable bonds is 7. The highest BCUT2D eigenvalue weighted by molar-refractivity contribution is 5.81. The Balaban J connectivity index is 1.55. The Kier molecular flexibility index (Phi) is 7.01. The Morgan fingerprint density at radius 2 is 1.29 bits per heavy atom. The Hall–Kier alpha value is -3.10.